The topological polar surface area (TPSA) is 66.4 Å². The molecule has 2 aromatic carbocycles. The maximum absolute atomic E-state index is 11.2. The number of carbonyl (C=O) groups excluding carboxylic acids is 1. The summed E-state index contributed by atoms with van der Waals surface area (Å²) >= 11 is 0. The van der Waals surface area contributed by atoms with E-state index in [1.54, 1.807) is 6.92 Å². The zero-order valence-electron chi connectivity index (χ0n) is 11.3. The second-order valence-electron chi connectivity index (χ2n) is 4.55. The Kier molecular flexibility index (Phi) is 3.84. The van der Waals surface area contributed by atoms with E-state index in [9.17, 15) is 14.7 Å². The molecule has 0 unspecified atom stereocenters. The van der Waals surface area contributed by atoms with E-state index in [-0.39, 0.29) is 5.70 Å². The van der Waals surface area contributed by atoms with Crippen molar-refractivity contribution in [3.8, 4) is 0 Å². The lowest BCUT2D eigenvalue weighted by Gasteiger charge is -2.10. The number of allylic oxidation sites excluding steroid dienone is 1. The molecule has 0 aliphatic rings. The number of hydrogen-bond acceptors (Lipinski definition) is 2. The van der Waals surface area contributed by atoms with E-state index in [1.807, 2.05) is 42.5 Å². The first-order chi connectivity index (χ1) is 9.49. The van der Waals surface area contributed by atoms with Crippen molar-refractivity contribution in [2.24, 2.45) is 0 Å². The van der Waals surface area contributed by atoms with Crippen molar-refractivity contribution in [2.45, 2.75) is 13.8 Å². The monoisotopic (exact) mass is 269 g/mol. The molecular weight excluding hydrogens is 254 g/mol. The Morgan fingerprint density at radius 1 is 1.00 bits per heavy atom. The van der Waals surface area contributed by atoms with Gasteiger partial charge in [-0.05, 0) is 34.9 Å². The largest absolute Gasteiger partial charge is 0.477 e. The van der Waals surface area contributed by atoms with E-state index in [4.69, 9.17) is 0 Å². The Hall–Kier alpha value is -2.62. The predicted molar refractivity (Wildman–Crippen MR) is 78.0 cm³/mol. The lowest BCUT2D eigenvalue weighted by Crippen LogP contribution is -2.25. The summed E-state index contributed by atoms with van der Waals surface area (Å²) in [4.78, 5) is 22.3. The fourth-order valence-electron chi connectivity index (χ4n) is 2.05. The summed E-state index contributed by atoms with van der Waals surface area (Å²) in [6, 6.07) is 13.5. The van der Waals surface area contributed by atoms with Crippen LogP contribution in [-0.4, -0.2) is 17.0 Å². The van der Waals surface area contributed by atoms with Gasteiger partial charge in [-0.15, -0.1) is 0 Å². The molecule has 0 atom stereocenters. The van der Waals surface area contributed by atoms with E-state index < -0.39 is 11.9 Å². The fraction of sp³-hybridized carbons (Fsp3) is 0.125. The lowest BCUT2D eigenvalue weighted by molar-refractivity contribution is -0.134. The number of carboxylic acid groups (broad SMARTS) is 1. The third-order valence-electron chi connectivity index (χ3n) is 3.07. The maximum Gasteiger partial charge on any atom is 0.352 e. The van der Waals surface area contributed by atoms with Crippen molar-refractivity contribution in [1.29, 1.82) is 0 Å². The first-order valence-corrected chi connectivity index (χ1v) is 6.20. The van der Waals surface area contributed by atoms with Crippen LogP contribution < -0.4 is 5.32 Å². The molecule has 1 amide bonds. The van der Waals surface area contributed by atoms with E-state index in [1.165, 1.54) is 6.92 Å². The molecule has 0 saturated carbocycles. The summed E-state index contributed by atoms with van der Waals surface area (Å²) in [5, 5.41) is 13.7. The van der Waals surface area contributed by atoms with Crippen LogP contribution in [0.5, 0.6) is 0 Å². The van der Waals surface area contributed by atoms with Crippen LogP contribution in [0.3, 0.4) is 0 Å². The Morgan fingerprint density at radius 3 is 2.25 bits per heavy atom. The van der Waals surface area contributed by atoms with Gasteiger partial charge in [0.05, 0.1) is 0 Å². The van der Waals surface area contributed by atoms with Crippen molar-refractivity contribution in [2.75, 3.05) is 0 Å². The van der Waals surface area contributed by atoms with Crippen LogP contribution in [0, 0.1) is 0 Å². The van der Waals surface area contributed by atoms with Crippen LogP contribution >= 0.6 is 0 Å². The highest BCUT2D eigenvalue weighted by Gasteiger charge is 2.14. The highest BCUT2D eigenvalue weighted by molar-refractivity contribution is 6.00. The molecule has 4 heteroatoms. The van der Waals surface area contributed by atoms with Crippen LogP contribution in [-0.2, 0) is 9.59 Å². The Morgan fingerprint density at radius 2 is 1.65 bits per heavy atom. The highest BCUT2D eigenvalue weighted by atomic mass is 16.4. The van der Waals surface area contributed by atoms with Crippen molar-refractivity contribution in [3.05, 3.63) is 53.7 Å². The molecular formula is C16H15NO3. The standard InChI is InChI=1S/C16H15NO3/c1-10(15(16(19)20)17-11(2)18)13-8-7-12-5-3-4-6-14(12)9-13/h3-9H,1-2H3,(H,17,18)(H,19,20)/b15-10+. The predicted octanol–water partition coefficient (Wildman–Crippen LogP) is 2.79. The molecule has 0 bridgehead atoms. The minimum absolute atomic E-state index is 0.0900. The summed E-state index contributed by atoms with van der Waals surface area (Å²) in [7, 11) is 0. The average Bonchev–Trinajstić information content (AvgIpc) is 2.43. The number of carboxylic acids is 1. The van der Waals surface area contributed by atoms with E-state index >= 15 is 0 Å². The second kappa shape index (κ2) is 5.57. The van der Waals surface area contributed by atoms with Gasteiger partial charge in [0.1, 0.15) is 5.70 Å². The molecule has 0 aliphatic heterocycles. The van der Waals surface area contributed by atoms with Gasteiger partial charge in [0, 0.05) is 6.92 Å². The van der Waals surface area contributed by atoms with Gasteiger partial charge in [-0.25, -0.2) is 4.79 Å². The Balaban J connectivity index is 2.54. The molecule has 4 nitrogen and oxygen atoms in total. The molecule has 2 aromatic rings. The van der Waals surface area contributed by atoms with Gasteiger partial charge in [-0.3, -0.25) is 4.79 Å². The molecule has 0 fully saturated rings. The van der Waals surface area contributed by atoms with E-state index in [0.29, 0.717) is 5.57 Å². The smallest absolute Gasteiger partial charge is 0.352 e. The molecule has 20 heavy (non-hydrogen) atoms. The normalized spacial score (nSPS) is 11.9. The maximum atomic E-state index is 11.2. The lowest BCUT2D eigenvalue weighted by atomic mass is 10.0. The summed E-state index contributed by atoms with van der Waals surface area (Å²) in [6.45, 7) is 2.97. The Bertz CT molecular complexity index is 716. The van der Waals surface area contributed by atoms with Gasteiger partial charge in [0.15, 0.2) is 0 Å². The summed E-state index contributed by atoms with van der Waals surface area (Å²) in [5.74, 6) is -1.55. The van der Waals surface area contributed by atoms with Crippen molar-refractivity contribution < 1.29 is 14.7 Å². The van der Waals surface area contributed by atoms with Crippen molar-refractivity contribution in [3.63, 3.8) is 0 Å². The molecule has 0 radical (unpaired) electrons. The van der Waals surface area contributed by atoms with Gasteiger partial charge >= 0.3 is 5.97 Å². The Labute approximate surface area is 116 Å². The SMILES string of the molecule is CC(=O)N/C(C(=O)O)=C(\C)c1ccc2ccccc2c1. The van der Waals surface area contributed by atoms with Gasteiger partial charge in [-0.2, -0.15) is 0 Å². The van der Waals surface area contributed by atoms with Crippen LogP contribution in [0.2, 0.25) is 0 Å². The first kappa shape index (κ1) is 13.8. The van der Waals surface area contributed by atoms with Crippen LogP contribution in [0.1, 0.15) is 19.4 Å². The average molecular weight is 269 g/mol. The number of aliphatic carboxylic acids is 1. The van der Waals surface area contributed by atoms with E-state index in [0.717, 1.165) is 16.3 Å². The van der Waals surface area contributed by atoms with Gasteiger partial charge in [0.2, 0.25) is 5.91 Å². The van der Waals surface area contributed by atoms with Gasteiger partial charge in [-0.1, -0.05) is 36.4 Å². The molecule has 102 valence electrons. The highest BCUT2D eigenvalue weighted by Crippen LogP contribution is 2.22. The quantitative estimate of drug-likeness (QED) is 0.842. The zero-order chi connectivity index (χ0) is 14.7. The third-order valence-corrected chi connectivity index (χ3v) is 3.07. The van der Waals surface area contributed by atoms with E-state index in [2.05, 4.69) is 5.32 Å². The van der Waals surface area contributed by atoms with Crippen LogP contribution in [0.4, 0.5) is 0 Å². The molecule has 0 heterocycles. The van der Waals surface area contributed by atoms with Crippen molar-refractivity contribution in [1.82, 2.24) is 5.32 Å². The molecule has 2 rings (SSSR count). The fourth-order valence-corrected chi connectivity index (χ4v) is 2.05. The number of amides is 1. The zero-order valence-corrected chi connectivity index (χ0v) is 11.3. The van der Waals surface area contributed by atoms with Crippen LogP contribution in [0.15, 0.2) is 48.2 Å². The summed E-state index contributed by atoms with van der Waals surface area (Å²) in [6.07, 6.45) is 0. The third kappa shape index (κ3) is 2.85. The summed E-state index contributed by atoms with van der Waals surface area (Å²) < 4.78 is 0. The molecule has 2 N–H and O–H groups in total. The number of carbonyl (C=O) groups is 2. The number of nitrogens with one attached hydrogen (secondary N) is 1. The summed E-state index contributed by atoms with van der Waals surface area (Å²) in [5.41, 5.74) is 1.21. The first-order valence-electron chi connectivity index (χ1n) is 6.20. The number of hydrogen-bond donors (Lipinski definition) is 2. The number of benzene rings is 2. The van der Waals surface area contributed by atoms with Crippen molar-refractivity contribution >= 4 is 28.2 Å². The second-order valence-corrected chi connectivity index (χ2v) is 4.55. The minimum atomic E-state index is -1.15. The minimum Gasteiger partial charge on any atom is -0.477 e. The molecule has 0 aliphatic carbocycles. The van der Waals surface area contributed by atoms with Crippen LogP contribution in [0.25, 0.3) is 16.3 Å². The van der Waals surface area contributed by atoms with Gasteiger partial charge < -0.3 is 10.4 Å². The number of fused-ring (bicyclic) bond motifs is 1. The molecule has 0 spiro atoms. The molecule has 0 saturated heterocycles. The van der Waals surface area contributed by atoms with Gasteiger partial charge in [0.25, 0.3) is 0 Å². The number of rotatable bonds is 3. The molecule has 0 aromatic heterocycles.